The standard InChI is InChI=1S/C17H16F2N4OS/c18-13-2-1-10(7-14(13)19)16-21-15(20)12-8-11(25-17(12)22-16)9-23-3-5-24-6-4-23/h1-2,7-8H,3-6,9H2,(H2,20,21,22). The molecule has 0 atom stereocenters. The van der Waals surface area contributed by atoms with E-state index in [0.29, 0.717) is 17.2 Å². The van der Waals surface area contributed by atoms with E-state index in [0.717, 1.165) is 60.1 Å². The van der Waals surface area contributed by atoms with Gasteiger partial charge in [0, 0.05) is 30.1 Å². The third-order valence-corrected chi connectivity index (χ3v) is 5.15. The maximum absolute atomic E-state index is 13.5. The number of benzene rings is 1. The Morgan fingerprint density at radius 3 is 2.68 bits per heavy atom. The van der Waals surface area contributed by atoms with Gasteiger partial charge in [-0.25, -0.2) is 18.7 Å². The lowest BCUT2D eigenvalue weighted by molar-refractivity contribution is 0.0346. The van der Waals surface area contributed by atoms with E-state index in [1.165, 1.54) is 17.4 Å². The number of anilines is 1. The van der Waals surface area contributed by atoms with Crippen molar-refractivity contribution in [3.8, 4) is 11.4 Å². The molecule has 1 aliphatic heterocycles. The normalized spacial score (nSPS) is 15.8. The van der Waals surface area contributed by atoms with Gasteiger partial charge >= 0.3 is 0 Å². The number of thiophene rings is 1. The number of hydrogen-bond acceptors (Lipinski definition) is 6. The first-order valence-corrected chi connectivity index (χ1v) is 8.73. The summed E-state index contributed by atoms with van der Waals surface area (Å²) in [4.78, 5) is 12.9. The molecule has 0 aliphatic carbocycles. The van der Waals surface area contributed by atoms with Gasteiger partial charge in [0.05, 0.1) is 18.6 Å². The van der Waals surface area contributed by atoms with Gasteiger partial charge in [-0.15, -0.1) is 11.3 Å². The van der Waals surface area contributed by atoms with Crippen molar-refractivity contribution < 1.29 is 13.5 Å². The molecule has 8 heteroatoms. The van der Waals surface area contributed by atoms with Crippen molar-refractivity contribution >= 4 is 27.4 Å². The molecule has 1 fully saturated rings. The average Bonchev–Trinajstić information content (AvgIpc) is 3.01. The molecule has 1 aliphatic rings. The Labute approximate surface area is 147 Å². The van der Waals surface area contributed by atoms with Gasteiger partial charge in [0.2, 0.25) is 0 Å². The smallest absolute Gasteiger partial charge is 0.163 e. The van der Waals surface area contributed by atoms with Crippen LogP contribution in [0.5, 0.6) is 0 Å². The molecule has 3 heterocycles. The maximum Gasteiger partial charge on any atom is 0.163 e. The van der Waals surface area contributed by atoms with E-state index in [-0.39, 0.29) is 0 Å². The van der Waals surface area contributed by atoms with Gasteiger partial charge in [-0.1, -0.05) is 0 Å². The highest BCUT2D eigenvalue weighted by atomic mass is 32.1. The molecule has 3 aromatic rings. The van der Waals surface area contributed by atoms with Gasteiger partial charge in [0.25, 0.3) is 0 Å². The molecule has 4 rings (SSSR count). The molecule has 1 aromatic carbocycles. The second kappa shape index (κ2) is 6.62. The molecule has 0 spiro atoms. The minimum atomic E-state index is -0.932. The molecule has 130 valence electrons. The second-order valence-corrected chi connectivity index (χ2v) is 7.00. The molecule has 0 unspecified atom stereocenters. The molecular weight excluding hydrogens is 346 g/mol. The topological polar surface area (TPSA) is 64.3 Å². The highest BCUT2D eigenvalue weighted by Gasteiger charge is 2.16. The van der Waals surface area contributed by atoms with Crippen LogP contribution in [0.3, 0.4) is 0 Å². The highest BCUT2D eigenvalue weighted by molar-refractivity contribution is 7.18. The first-order chi connectivity index (χ1) is 12.1. The first kappa shape index (κ1) is 16.3. The molecule has 25 heavy (non-hydrogen) atoms. The van der Waals surface area contributed by atoms with E-state index in [1.807, 2.05) is 6.07 Å². The zero-order valence-corrected chi connectivity index (χ0v) is 14.2. The number of rotatable bonds is 3. The Kier molecular flexibility index (Phi) is 4.32. The number of morpholine rings is 1. The number of aromatic nitrogens is 2. The predicted molar refractivity (Wildman–Crippen MR) is 93.3 cm³/mol. The molecular formula is C17H16F2N4OS. The number of nitrogens with two attached hydrogens (primary N) is 1. The van der Waals surface area contributed by atoms with E-state index >= 15 is 0 Å². The zero-order valence-electron chi connectivity index (χ0n) is 13.3. The fourth-order valence-electron chi connectivity index (χ4n) is 2.82. The number of halogens is 2. The largest absolute Gasteiger partial charge is 0.383 e. The second-order valence-electron chi connectivity index (χ2n) is 5.88. The van der Waals surface area contributed by atoms with Crippen LogP contribution in [0, 0.1) is 11.6 Å². The highest BCUT2D eigenvalue weighted by Crippen LogP contribution is 2.31. The van der Waals surface area contributed by atoms with Crippen molar-refractivity contribution in [3.63, 3.8) is 0 Å². The van der Waals surface area contributed by atoms with Crippen LogP contribution in [0.2, 0.25) is 0 Å². The maximum atomic E-state index is 13.5. The van der Waals surface area contributed by atoms with Gasteiger partial charge in [0.1, 0.15) is 10.6 Å². The zero-order chi connectivity index (χ0) is 17.4. The van der Waals surface area contributed by atoms with Crippen LogP contribution in [-0.2, 0) is 11.3 Å². The lowest BCUT2D eigenvalue weighted by Gasteiger charge is -2.25. The quantitative estimate of drug-likeness (QED) is 0.776. The van der Waals surface area contributed by atoms with Crippen LogP contribution in [0.25, 0.3) is 21.6 Å². The monoisotopic (exact) mass is 362 g/mol. The summed E-state index contributed by atoms with van der Waals surface area (Å²) >= 11 is 1.54. The third-order valence-electron chi connectivity index (χ3n) is 4.13. The molecule has 1 saturated heterocycles. The van der Waals surface area contributed by atoms with Crippen molar-refractivity contribution in [1.29, 1.82) is 0 Å². The molecule has 2 aromatic heterocycles. The number of fused-ring (bicyclic) bond motifs is 1. The Morgan fingerprint density at radius 2 is 1.92 bits per heavy atom. The van der Waals surface area contributed by atoms with E-state index in [4.69, 9.17) is 10.5 Å². The van der Waals surface area contributed by atoms with Gasteiger partial charge in [-0.2, -0.15) is 0 Å². The third kappa shape index (κ3) is 3.33. The number of nitrogen functional groups attached to an aromatic ring is 1. The van der Waals surface area contributed by atoms with Crippen molar-refractivity contribution in [3.05, 3.63) is 40.8 Å². The first-order valence-electron chi connectivity index (χ1n) is 7.91. The Bertz CT molecular complexity index is 924. The Morgan fingerprint density at radius 1 is 1.12 bits per heavy atom. The van der Waals surface area contributed by atoms with E-state index < -0.39 is 11.6 Å². The van der Waals surface area contributed by atoms with Crippen LogP contribution < -0.4 is 5.73 Å². The van der Waals surface area contributed by atoms with Crippen LogP contribution >= 0.6 is 11.3 Å². The van der Waals surface area contributed by atoms with Crippen molar-refractivity contribution in [2.75, 3.05) is 32.0 Å². The summed E-state index contributed by atoms with van der Waals surface area (Å²) in [5.41, 5.74) is 6.46. The molecule has 2 N–H and O–H groups in total. The number of hydrogen-bond donors (Lipinski definition) is 1. The molecule has 0 saturated carbocycles. The Hall–Kier alpha value is -2.16. The van der Waals surface area contributed by atoms with Crippen LogP contribution in [0.15, 0.2) is 24.3 Å². The summed E-state index contributed by atoms with van der Waals surface area (Å²) in [5.74, 6) is -1.20. The number of ether oxygens (including phenoxy) is 1. The summed E-state index contributed by atoms with van der Waals surface area (Å²) in [7, 11) is 0. The van der Waals surface area contributed by atoms with Crippen LogP contribution in [0.1, 0.15) is 4.88 Å². The fourth-order valence-corrected chi connectivity index (χ4v) is 3.89. The van der Waals surface area contributed by atoms with Crippen molar-refractivity contribution in [2.24, 2.45) is 0 Å². The molecule has 0 amide bonds. The Balaban J connectivity index is 1.67. The minimum Gasteiger partial charge on any atom is -0.383 e. The summed E-state index contributed by atoms with van der Waals surface area (Å²) in [6, 6.07) is 5.59. The van der Waals surface area contributed by atoms with Crippen molar-refractivity contribution in [1.82, 2.24) is 14.9 Å². The van der Waals surface area contributed by atoms with E-state index in [1.54, 1.807) is 0 Å². The summed E-state index contributed by atoms with van der Waals surface area (Å²) < 4.78 is 31.9. The molecule has 0 bridgehead atoms. The SMILES string of the molecule is Nc1nc(-c2ccc(F)c(F)c2)nc2sc(CN3CCOCC3)cc12. The van der Waals surface area contributed by atoms with Gasteiger partial charge in [0.15, 0.2) is 17.5 Å². The molecule has 0 radical (unpaired) electrons. The fraction of sp³-hybridized carbons (Fsp3) is 0.294. The lowest BCUT2D eigenvalue weighted by Crippen LogP contribution is -2.35. The summed E-state index contributed by atoms with van der Waals surface area (Å²) in [6.45, 7) is 4.09. The summed E-state index contributed by atoms with van der Waals surface area (Å²) in [6.07, 6.45) is 0. The average molecular weight is 362 g/mol. The number of nitrogens with zero attached hydrogens (tertiary/aromatic N) is 3. The van der Waals surface area contributed by atoms with Crippen LogP contribution in [0.4, 0.5) is 14.6 Å². The van der Waals surface area contributed by atoms with Crippen LogP contribution in [-0.4, -0.2) is 41.2 Å². The van der Waals surface area contributed by atoms with Gasteiger partial charge in [-0.3, -0.25) is 4.90 Å². The van der Waals surface area contributed by atoms with Crippen molar-refractivity contribution in [2.45, 2.75) is 6.54 Å². The minimum absolute atomic E-state index is 0.295. The van der Waals surface area contributed by atoms with Gasteiger partial charge < -0.3 is 10.5 Å². The summed E-state index contributed by atoms with van der Waals surface area (Å²) in [5, 5.41) is 0.791. The molecule has 5 nitrogen and oxygen atoms in total. The predicted octanol–water partition coefficient (Wildman–Crippen LogP) is 3.05. The van der Waals surface area contributed by atoms with E-state index in [2.05, 4.69) is 14.9 Å². The van der Waals surface area contributed by atoms with Gasteiger partial charge in [-0.05, 0) is 24.3 Å². The lowest BCUT2D eigenvalue weighted by atomic mass is 10.2. The van der Waals surface area contributed by atoms with E-state index in [9.17, 15) is 8.78 Å².